The van der Waals surface area contributed by atoms with Gasteiger partial charge in [-0.05, 0) is 38.6 Å². The van der Waals surface area contributed by atoms with Crippen molar-refractivity contribution in [1.29, 1.82) is 0 Å². The van der Waals surface area contributed by atoms with Crippen LogP contribution in [-0.4, -0.2) is 39.5 Å². The van der Waals surface area contributed by atoms with Gasteiger partial charge in [0, 0.05) is 12.6 Å². The molecule has 0 bridgehead atoms. The molecule has 0 aromatic heterocycles. The Labute approximate surface area is 113 Å². The van der Waals surface area contributed by atoms with Crippen molar-refractivity contribution in [2.75, 3.05) is 20.1 Å². The molecule has 106 valence electrons. The van der Waals surface area contributed by atoms with Crippen molar-refractivity contribution in [3.63, 3.8) is 0 Å². The Morgan fingerprint density at radius 1 is 1.37 bits per heavy atom. The van der Waals surface area contributed by atoms with Crippen molar-refractivity contribution in [2.45, 2.75) is 30.2 Å². The summed E-state index contributed by atoms with van der Waals surface area (Å²) >= 11 is 0. The van der Waals surface area contributed by atoms with E-state index in [4.69, 9.17) is 0 Å². The van der Waals surface area contributed by atoms with Crippen molar-refractivity contribution in [1.82, 2.24) is 9.62 Å². The van der Waals surface area contributed by atoms with Crippen molar-refractivity contribution in [2.24, 2.45) is 0 Å². The van der Waals surface area contributed by atoms with Gasteiger partial charge in [0.05, 0.1) is 0 Å². The van der Waals surface area contributed by atoms with Crippen LogP contribution in [0.4, 0.5) is 4.39 Å². The van der Waals surface area contributed by atoms with E-state index in [1.807, 2.05) is 7.05 Å². The predicted molar refractivity (Wildman–Crippen MR) is 71.9 cm³/mol. The van der Waals surface area contributed by atoms with E-state index in [1.54, 1.807) is 0 Å². The van der Waals surface area contributed by atoms with Crippen LogP contribution in [0.1, 0.15) is 19.3 Å². The Morgan fingerprint density at radius 3 is 2.79 bits per heavy atom. The summed E-state index contributed by atoms with van der Waals surface area (Å²) in [6, 6.07) is 5.62. The van der Waals surface area contributed by atoms with Gasteiger partial charge in [-0.2, -0.15) is 0 Å². The number of benzene rings is 1. The van der Waals surface area contributed by atoms with Crippen LogP contribution in [-0.2, 0) is 10.0 Å². The van der Waals surface area contributed by atoms with Gasteiger partial charge >= 0.3 is 0 Å². The number of sulfonamides is 1. The maximum absolute atomic E-state index is 13.5. The average Bonchev–Trinajstić information content (AvgIpc) is 2.38. The summed E-state index contributed by atoms with van der Waals surface area (Å²) in [5.74, 6) is -0.716. The van der Waals surface area contributed by atoms with Crippen LogP contribution in [0.3, 0.4) is 0 Å². The molecule has 4 nitrogen and oxygen atoms in total. The minimum Gasteiger partial charge on any atom is -0.302 e. The molecule has 1 aliphatic heterocycles. The molecule has 1 fully saturated rings. The Hall–Kier alpha value is -0.980. The van der Waals surface area contributed by atoms with E-state index < -0.39 is 15.8 Å². The molecule has 0 amide bonds. The largest absolute Gasteiger partial charge is 0.302 e. The summed E-state index contributed by atoms with van der Waals surface area (Å²) in [5.41, 5.74) is 0. The summed E-state index contributed by atoms with van der Waals surface area (Å²) in [4.78, 5) is 1.86. The number of rotatable bonds is 4. The molecule has 1 atom stereocenters. The maximum atomic E-state index is 13.5. The second-order valence-corrected chi connectivity index (χ2v) is 6.65. The quantitative estimate of drug-likeness (QED) is 0.914. The van der Waals surface area contributed by atoms with E-state index in [2.05, 4.69) is 9.62 Å². The summed E-state index contributed by atoms with van der Waals surface area (Å²) in [7, 11) is -1.78. The van der Waals surface area contributed by atoms with Gasteiger partial charge in [-0.15, -0.1) is 0 Å². The van der Waals surface area contributed by atoms with Crippen molar-refractivity contribution >= 4 is 10.0 Å². The fourth-order valence-electron chi connectivity index (χ4n) is 2.35. The van der Waals surface area contributed by atoms with Gasteiger partial charge in [-0.1, -0.05) is 18.6 Å². The molecule has 0 spiro atoms. The van der Waals surface area contributed by atoms with E-state index in [9.17, 15) is 12.8 Å². The highest BCUT2D eigenvalue weighted by Crippen LogP contribution is 2.16. The number of nitrogens with zero attached hydrogens (tertiary/aromatic N) is 1. The lowest BCUT2D eigenvalue weighted by Crippen LogP contribution is -2.44. The number of piperidine rings is 1. The first-order chi connectivity index (χ1) is 9.00. The van der Waals surface area contributed by atoms with E-state index >= 15 is 0 Å². The van der Waals surface area contributed by atoms with Crippen molar-refractivity contribution < 1.29 is 12.8 Å². The van der Waals surface area contributed by atoms with Gasteiger partial charge in [-0.3, -0.25) is 0 Å². The third-order valence-electron chi connectivity index (χ3n) is 3.56. The molecule has 0 aliphatic carbocycles. The fourth-order valence-corrected chi connectivity index (χ4v) is 3.50. The van der Waals surface area contributed by atoms with Crippen molar-refractivity contribution in [3.05, 3.63) is 30.1 Å². The number of nitrogens with one attached hydrogen (secondary N) is 1. The van der Waals surface area contributed by atoms with E-state index in [0.29, 0.717) is 6.54 Å². The SMILES string of the molecule is CN1CCCCC1CNS(=O)(=O)c1ccccc1F. The molecule has 1 aromatic carbocycles. The minimum atomic E-state index is -3.77. The third kappa shape index (κ3) is 3.52. The van der Waals surface area contributed by atoms with Gasteiger partial charge in [0.1, 0.15) is 10.7 Å². The van der Waals surface area contributed by atoms with Crippen LogP contribution in [0.25, 0.3) is 0 Å². The van der Waals surface area contributed by atoms with Gasteiger partial charge < -0.3 is 4.90 Å². The first-order valence-corrected chi connectivity index (χ1v) is 7.93. The highest BCUT2D eigenvalue weighted by Gasteiger charge is 2.23. The molecule has 6 heteroatoms. The van der Waals surface area contributed by atoms with Crippen LogP contribution in [0.2, 0.25) is 0 Å². The Bertz CT molecular complexity index is 533. The van der Waals surface area contributed by atoms with Gasteiger partial charge in [0.25, 0.3) is 0 Å². The molecule has 1 aliphatic rings. The molecule has 1 saturated heterocycles. The molecular formula is C13H19FN2O2S. The average molecular weight is 286 g/mol. The van der Waals surface area contributed by atoms with E-state index in [-0.39, 0.29) is 10.9 Å². The molecule has 0 saturated carbocycles. The standard InChI is InChI=1S/C13H19FN2O2S/c1-16-9-5-4-6-11(16)10-15-19(17,18)13-8-3-2-7-12(13)14/h2-3,7-8,11,15H,4-6,9-10H2,1H3. The molecule has 1 N–H and O–H groups in total. The monoisotopic (exact) mass is 286 g/mol. The lowest BCUT2D eigenvalue weighted by molar-refractivity contribution is 0.187. The number of hydrogen-bond acceptors (Lipinski definition) is 3. The smallest absolute Gasteiger partial charge is 0.243 e. The van der Waals surface area contributed by atoms with E-state index in [0.717, 1.165) is 31.9 Å². The van der Waals surface area contributed by atoms with Crippen LogP contribution in [0, 0.1) is 5.82 Å². The number of likely N-dealkylation sites (N-methyl/N-ethyl adjacent to an activating group) is 1. The summed E-state index contributed by atoms with van der Waals surface area (Å²) in [6.45, 7) is 1.30. The highest BCUT2D eigenvalue weighted by molar-refractivity contribution is 7.89. The predicted octanol–water partition coefficient (Wildman–Crippen LogP) is 1.59. The van der Waals surface area contributed by atoms with Crippen molar-refractivity contribution in [3.8, 4) is 0 Å². The summed E-state index contributed by atoms with van der Waals surface area (Å²) in [6.07, 6.45) is 3.22. The molecule has 19 heavy (non-hydrogen) atoms. The zero-order chi connectivity index (χ0) is 13.9. The second-order valence-electron chi connectivity index (χ2n) is 4.91. The normalized spacial score (nSPS) is 21.5. The zero-order valence-electron chi connectivity index (χ0n) is 11.0. The van der Waals surface area contributed by atoms with Crippen LogP contribution < -0.4 is 4.72 Å². The lowest BCUT2D eigenvalue weighted by Gasteiger charge is -2.32. The van der Waals surface area contributed by atoms with Gasteiger partial charge in [0.15, 0.2) is 0 Å². The Kier molecular flexibility index (Phi) is 4.54. The van der Waals surface area contributed by atoms with Crippen LogP contribution in [0.15, 0.2) is 29.2 Å². The Morgan fingerprint density at radius 2 is 2.11 bits per heavy atom. The van der Waals surface area contributed by atoms with E-state index in [1.165, 1.54) is 18.2 Å². The Balaban J connectivity index is 2.04. The first-order valence-electron chi connectivity index (χ1n) is 6.45. The number of halogens is 1. The number of likely N-dealkylation sites (tertiary alicyclic amines) is 1. The third-order valence-corrected chi connectivity index (χ3v) is 5.01. The number of hydrogen-bond donors (Lipinski definition) is 1. The molecule has 1 aromatic rings. The molecule has 1 heterocycles. The van der Waals surface area contributed by atoms with Crippen LogP contribution >= 0.6 is 0 Å². The topological polar surface area (TPSA) is 49.4 Å². The highest BCUT2D eigenvalue weighted by atomic mass is 32.2. The first kappa shape index (κ1) is 14.4. The summed E-state index contributed by atoms with van der Waals surface area (Å²) < 4.78 is 40.1. The minimum absolute atomic E-state index is 0.190. The second kappa shape index (κ2) is 5.98. The van der Waals surface area contributed by atoms with Gasteiger partial charge in [-0.25, -0.2) is 17.5 Å². The van der Waals surface area contributed by atoms with Gasteiger partial charge in [0.2, 0.25) is 10.0 Å². The van der Waals surface area contributed by atoms with Crippen LogP contribution in [0.5, 0.6) is 0 Å². The molecular weight excluding hydrogens is 267 g/mol. The lowest BCUT2D eigenvalue weighted by atomic mass is 10.0. The fraction of sp³-hybridized carbons (Fsp3) is 0.538. The summed E-state index contributed by atoms with van der Waals surface area (Å²) in [5, 5.41) is 0. The molecule has 2 rings (SSSR count). The zero-order valence-corrected chi connectivity index (χ0v) is 11.8. The molecule has 1 unspecified atom stereocenters. The molecule has 0 radical (unpaired) electrons. The maximum Gasteiger partial charge on any atom is 0.243 e.